The molecule has 1 heterocycles. The summed E-state index contributed by atoms with van der Waals surface area (Å²) in [7, 11) is 0. The number of hydrogen-bond donors (Lipinski definition) is 1. The van der Waals surface area contributed by atoms with E-state index in [1.165, 1.54) is 0 Å². The molecule has 0 saturated carbocycles. The van der Waals surface area contributed by atoms with Crippen molar-refractivity contribution >= 4 is 17.5 Å². The molecule has 0 atom stereocenters. The molecule has 1 aromatic heterocycles. The smallest absolute Gasteiger partial charge is 0.249 e. The van der Waals surface area contributed by atoms with Crippen LogP contribution in [0.2, 0.25) is 0 Å². The molecular weight excluding hydrogens is 314 g/mol. The SMILES string of the molecule is CCN(CC)c1cnnc(Nc2ccccc2Oc2ccccc2)n1. The monoisotopic (exact) mass is 335 g/mol. The van der Waals surface area contributed by atoms with E-state index in [9.17, 15) is 0 Å². The van der Waals surface area contributed by atoms with Gasteiger partial charge in [-0.15, -0.1) is 5.10 Å². The van der Waals surface area contributed by atoms with E-state index in [0.717, 1.165) is 30.3 Å². The molecule has 0 aliphatic carbocycles. The second-order valence-corrected chi connectivity index (χ2v) is 5.35. The number of rotatable bonds is 7. The van der Waals surface area contributed by atoms with Gasteiger partial charge in [0.25, 0.3) is 0 Å². The molecule has 6 heteroatoms. The molecule has 0 saturated heterocycles. The average Bonchev–Trinajstić information content (AvgIpc) is 2.66. The molecule has 0 amide bonds. The minimum absolute atomic E-state index is 0.438. The van der Waals surface area contributed by atoms with Crippen LogP contribution in [0.4, 0.5) is 17.5 Å². The van der Waals surface area contributed by atoms with E-state index in [4.69, 9.17) is 4.74 Å². The summed E-state index contributed by atoms with van der Waals surface area (Å²) in [4.78, 5) is 6.66. The predicted octanol–water partition coefficient (Wildman–Crippen LogP) is 4.25. The molecule has 0 aliphatic rings. The molecule has 0 fully saturated rings. The van der Waals surface area contributed by atoms with Crippen molar-refractivity contribution in [2.75, 3.05) is 23.3 Å². The second kappa shape index (κ2) is 8.10. The van der Waals surface area contributed by atoms with Crippen molar-refractivity contribution in [2.24, 2.45) is 0 Å². The third-order valence-electron chi connectivity index (χ3n) is 3.74. The van der Waals surface area contributed by atoms with E-state index in [1.807, 2.05) is 54.6 Å². The quantitative estimate of drug-likeness (QED) is 0.696. The third-order valence-corrected chi connectivity index (χ3v) is 3.74. The number of nitrogens with one attached hydrogen (secondary N) is 1. The van der Waals surface area contributed by atoms with Gasteiger partial charge in [0.05, 0.1) is 11.9 Å². The molecule has 3 rings (SSSR count). The first-order valence-corrected chi connectivity index (χ1v) is 8.33. The van der Waals surface area contributed by atoms with Crippen molar-refractivity contribution in [2.45, 2.75) is 13.8 Å². The molecule has 0 spiro atoms. The van der Waals surface area contributed by atoms with Crippen LogP contribution in [0.25, 0.3) is 0 Å². The van der Waals surface area contributed by atoms with Crippen LogP contribution in [0.1, 0.15) is 13.8 Å². The van der Waals surface area contributed by atoms with Gasteiger partial charge in [-0.3, -0.25) is 0 Å². The Kier molecular flexibility index (Phi) is 5.41. The van der Waals surface area contributed by atoms with E-state index < -0.39 is 0 Å². The van der Waals surface area contributed by atoms with Gasteiger partial charge in [0.15, 0.2) is 11.6 Å². The van der Waals surface area contributed by atoms with Crippen LogP contribution >= 0.6 is 0 Å². The van der Waals surface area contributed by atoms with Gasteiger partial charge in [0, 0.05) is 13.1 Å². The molecule has 128 valence electrons. The zero-order valence-electron chi connectivity index (χ0n) is 14.4. The molecule has 6 nitrogen and oxygen atoms in total. The number of nitrogens with zero attached hydrogens (tertiary/aromatic N) is 4. The normalized spacial score (nSPS) is 10.3. The van der Waals surface area contributed by atoms with Gasteiger partial charge in [0.2, 0.25) is 5.95 Å². The summed E-state index contributed by atoms with van der Waals surface area (Å²) >= 11 is 0. The highest BCUT2D eigenvalue weighted by Gasteiger charge is 2.09. The van der Waals surface area contributed by atoms with E-state index >= 15 is 0 Å². The van der Waals surface area contributed by atoms with Crippen LogP contribution < -0.4 is 15.0 Å². The van der Waals surface area contributed by atoms with Crippen molar-refractivity contribution < 1.29 is 4.74 Å². The Bertz CT molecular complexity index is 806. The molecule has 1 N–H and O–H groups in total. The Hall–Kier alpha value is -3.15. The predicted molar refractivity (Wildman–Crippen MR) is 99.6 cm³/mol. The van der Waals surface area contributed by atoms with Crippen LogP contribution in [-0.4, -0.2) is 28.3 Å². The highest BCUT2D eigenvalue weighted by Crippen LogP contribution is 2.30. The molecule has 2 aromatic carbocycles. The summed E-state index contributed by atoms with van der Waals surface area (Å²) in [6.45, 7) is 5.90. The number of benzene rings is 2. The summed E-state index contributed by atoms with van der Waals surface area (Å²) in [6.07, 6.45) is 1.67. The van der Waals surface area contributed by atoms with Gasteiger partial charge < -0.3 is 15.0 Å². The zero-order valence-corrected chi connectivity index (χ0v) is 14.4. The van der Waals surface area contributed by atoms with Gasteiger partial charge >= 0.3 is 0 Å². The highest BCUT2D eigenvalue weighted by atomic mass is 16.5. The topological polar surface area (TPSA) is 63.2 Å². The third kappa shape index (κ3) is 4.23. The summed E-state index contributed by atoms with van der Waals surface area (Å²) in [5, 5.41) is 11.3. The lowest BCUT2D eigenvalue weighted by Gasteiger charge is -2.19. The minimum Gasteiger partial charge on any atom is -0.455 e. The second-order valence-electron chi connectivity index (χ2n) is 5.35. The van der Waals surface area contributed by atoms with E-state index in [1.54, 1.807) is 6.20 Å². The van der Waals surface area contributed by atoms with Gasteiger partial charge in [-0.25, -0.2) is 0 Å². The largest absolute Gasteiger partial charge is 0.455 e. The molecule has 0 bridgehead atoms. The molecule has 0 unspecified atom stereocenters. The molecular formula is C19H21N5O. The molecule has 25 heavy (non-hydrogen) atoms. The fourth-order valence-corrected chi connectivity index (χ4v) is 2.44. The Morgan fingerprint density at radius 1 is 0.960 bits per heavy atom. The number of anilines is 3. The summed E-state index contributed by atoms with van der Waals surface area (Å²) in [5.41, 5.74) is 0.782. The van der Waals surface area contributed by atoms with Crippen LogP contribution in [0.3, 0.4) is 0 Å². The fraction of sp³-hybridized carbons (Fsp3) is 0.211. The van der Waals surface area contributed by atoms with Gasteiger partial charge in [-0.05, 0) is 38.1 Å². The maximum absolute atomic E-state index is 5.95. The van der Waals surface area contributed by atoms with E-state index in [-0.39, 0.29) is 0 Å². The van der Waals surface area contributed by atoms with Gasteiger partial charge in [0.1, 0.15) is 5.75 Å². The van der Waals surface area contributed by atoms with Crippen molar-refractivity contribution in [1.82, 2.24) is 15.2 Å². The lowest BCUT2D eigenvalue weighted by molar-refractivity contribution is 0.485. The van der Waals surface area contributed by atoms with Crippen molar-refractivity contribution in [3.05, 3.63) is 60.8 Å². The first-order chi connectivity index (χ1) is 12.3. The maximum atomic E-state index is 5.95. The van der Waals surface area contributed by atoms with Crippen LogP contribution in [0, 0.1) is 0 Å². The summed E-state index contributed by atoms with van der Waals surface area (Å²) < 4.78 is 5.95. The minimum atomic E-state index is 0.438. The lowest BCUT2D eigenvalue weighted by Crippen LogP contribution is -2.23. The standard InChI is InChI=1S/C19H21N5O/c1-3-24(4-2)18-14-20-23-19(22-18)21-16-12-8-9-13-17(16)25-15-10-6-5-7-11-15/h5-14H,3-4H2,1-2H3,(H,21,22,23). The highest BCUT2D eigenvalue weighted by molar-refractivity contribution is 5.63. The van der Waals surface area contributed by atoms with Crippen LogP contribution in [-0.2, 0) is 0 Å². The Morgan fingerprint density at radius 2 is 1.68 bits per heavy atom. The Balaban J connectivity index is 1.83. The summed E-state index contributed by atoms with van der Waals surface area (Å²) in [6, 6.07) is 17.3. The molecule has 3 aromatic rings. The van der Waals surface area contributed by atoms with Crippen molar-refractivity contribution in [3.8, 4) is 11.5 Å². The Labute approximate surface area is 147 Å². The van der Waals surface area contributed by atoms with Crippen molar-refractivity contribution in [3.63, 3.8) is 0 Å². The maximum Gasteiger partial charge on any atom is 0.249 e. The van der Waals surface area contributed by atoms with Crippen molar-refractivity contribution in [1.29, 1.82) is 0 Å². The average molecular weight is 335 g/mol. The van der Waals surface area contributed by atoms with Gasteiger partial charge in [-0.1, -0.05) is 30.3 Å². The van der Waals surface area contributed by atoms with Crippen LogP contribution in [0.5, 0.6) is 11.5 Å². The fourth-order valence-electron chi connectivity index (χ4n) is 2.44. The number of ether oxygens (including phenoxy) is 1. The number of hydrogen-bond acceptors (Lipinski definition) is 6. The first-order valence-electron chi connectivity index (χ1n) is 8.33. The lowest BCUT2D eigenvalue weighted by atomic mass is 10.3. The first kappa shape index (κ1) is 16.7. The Morgan fingerprint density at radius 3 is 2.44 bits per heavy atom. The molecule has 0 radical (unpaired) electrons. The zero-order chi connectivity index (χ0) is 17.5. The van der Waals surface area contributed by atoms with Gasteiger partial charge in [-0.2, -0.15) is 10.1 Å². The van der Waals surface area contributed by atoms with E-state index in [0.29, 0.717) is 11.7 Å². The number of para-hydroxylation sites is 3. The van der Waals surface area contributed by atoms with Crippen LogP contribution in [0.15, 0.2) is 60.8 Å². The molecule has 0 aliphatic heterocycles. The van der Waals surface area contributed by atoms with E-state index in [2.05, 4.69) is 39.2 Å². The number of aromatic nitrogens is 3. The summed E-state index contributed by atoms with van der Waals surface area (Å²) in [5.74, 6) is 2.70.